The van der Waals surface area contributed by atoms with Gasteiger partial charge in [0, 0.05) is 30.8 Å². The van der Waals surface area contributed by atoms with Crippen molar-refractivity contribution in [3.63, 3.8) is 0 Å². The zero-order valence-electron chi connectivity index (χ0n) is 9.43. The van der Waals surface area contributed by atoms with Crippen molar-refractivity contribution in [2.24, 2.45) is 4.99 Å². The molecule has 2 heterocycles. The molecule has 1 saturated heterocycles. The lowest BCUT2D eigenvalue weighted by Gasteiger charge is -2.17. The normalized spacial score (nSPS) is 18.1. The van der Waals surface area contributed by atoms with E-state index in [4.69, 9.17) is 0 Å². The Morgan fingerprint density at radius 3 is 2.76 bits per heavy atom. The lowest BCUT2D eigenvalue weighted by Crippen LogP contribution is -2.27. The molecule has 0 amide bonds. The van der Waals surface area contributed by atoms with Gasteiger partial charge in [0.05, 0.1) is 11.5 Å². The molecule has 5 heteroatoms. The summed E-state index contributed by atoms with van der Waals surface area (Å²) in [5.74, 6) is 0.946. The van der Waals surface area contributed by atoms with Gasteiger partial charge in [0.15, 0.2) is 0 Å². The fourth-order valence-corrected chi connectivity index (χ4v) is 2.47. The van der Waals surface area contributed by atoms with Crippen LogP contribution in [0.25, 0.3) is 0 Å². The highest BCUT2D eigenvalue weighted by atomic mass is 16.6. The Labute approximate surface area is 98.9 Å². The van der Waals surface area contributed by atoms with Gasteiger partial charge in [-0.3, -0.25) is 15.1 Å². The topological polar surface area (TPSA) is 58.7 Å². The smallest absolute Gasteiger partial charge is 0.270 e. The zero-order chi connectivity index (χ0) is 11.8. The summed E-state index contributed by atoms with van der Waals surface area (Å²) in [5.41, 5.74) is 2.19. The molecule has 5 nitrogen and oxygen atoms in total. The maximum atomic E-state index is 10.8. The van der Waals surface area contributed by atoms with Crippen molar-refractivity contribution in [2.75, 3.05) is 13.1 Å². The van der Waals surface area contributed by atoms with Crippen molar-refractivity contribution in [1.82, 2.24) is 4.90 Å². The third-order valence-corrected chi connectivity index (χ3v) is 3.35. The Kier molecular flexibility index (Phi) is 2.31. The molecule has 17 heavy (non-hydrogen) atoms. The first-order chi connectivity index (χ1) is 8.25. The van der Waals surface area contributed by atoms with E-state index < -0.39 is 0 Å². The molecule has 0 bridgehead atoms. The molecule has 1 aromatic rings. The van der Waals surface area contributed by atoms with E-state index in [1.54, 1.807) is 12.1 Å². The molecule has 0 aliphatic carbocycles. The van der Waals surface area contributed by atoms with Crippen LogP contribution in [0.15, 0.2) is 23.2 Å². The van der Waals surface area contributed by atoms with E-state index in [-0.39, 0.29) is 10.6 Å². The number of hydrogen-bond acceptors (Lipinski definition) is 4. The summed E-state index contributed by atoms with van der Waals surface area (Å²) in [6.07, 6.45) is 2.37. The molecule has 0 radical (unpaired) electrons. The standard InChI is InChI=1S/C12H13N3O2/c16-15(17)10-4-3-9-8-13-12(11(9)7-10)14-5-1-2-6-14/h3-4,7H,1-2,5-6,8H2. The van der Waals surface area contributed by atoms with Crippen LogP contribution in [0.3, 0.4) is 0 Å². The van der Waals surface area contributed by atoms with Gasteiger partial charge >= 0.3 is 0 Å². The van der Waals surface area contributed by atoms with E-state index in [0.717, 1.165) is 30.1 Å². The van der Waals surface area contributed by atoms with Crippen molar-refractivity contribution in [2.45, 2.75) is 19.4 Å². The summed E-state index contributed by atoms with van der Waals surface area (Å²) >= 11 is 0. The van der Waals surface area contributed by atoms with E-state index in [0.29, 0.717) is 6.54 Å². The summed E-state index contributed by atoms with van der Waals surface area (Å²) in [6.45, 7) is 2.68. The van der Waals surface area contributed by atoms with Gasteiger partial charge in [-0.05, 0) is 24.5 Å². The average Bonchev–Trinajstić information content (AvgIpc) is 2.96. The highest BCUT2D eigenvalue weighted by molar-refractivity contribution is 6.02. The number of aliphatic imine (C=N–C) groups is 1. The van der Waals surface area contributed by atoms with Gasteiger partial charge < -0.3 is 4.90 Å². The Hall–Kier alpha value is -1.91. The number of rotatable bonds is 1. The summed E-state index contributed by atoms with van der Waals surface area (Å²) in [5, 5.41) is 10.8. The van der Waals surface area contributed by atoms with Gasteiger partial charge in [0.2, 0.25) is 0 Å². The number of nitrogens with zero attached hydrogens (tertiary/aromatic N) is 3. The SMILES string of the molecule is O=[N+]([O-])c1ccc2c(c1)C(N1CCCC1)=NC2. The summed E-state index contributed by atoms with van der Waals surface area (Å²) in [7, 11) is 0. The second-order valence-electron chi connectivity index (χ2n) is 4.43. The number of nitro benzene ring substituents is 1. The van der Waals surface area contributed by atoms with E-state index in [1.807, 2.05) is 6.07 Å². The lowest BCUT2D eigenvalue weighted by atomic mass is 10.1. The van der Waals surface area contributed by atoms with Crippen LogP contribution in [-0.4, -0.2) is 28.7 Å². The van der Waals surface area contributed by atoms with Gasteiger partial charge in [-0.15, -0.1) is 0 Å². The van der Waals surface area contributed by atoms with E-state index in [2.05, 4.69) is 9.89 Å². The summed E-state index contributed by atoms with van der Waals surface area (Å²) in [6, 6.07) is 5.03. The molecule has 88 valence electrons. The van der Waals surface area contributed by atoms with Crippen LogP contribution < -0.4 is 0 Å². The monoisotopic (exact) mass is 231 g/mol. The highest BCUT2D eigenvalue weighted by Crippen LogP contribution is 2.26. The molecule has 0 saturated carbocycles. The van der Waals surface area contributed by atoms with E-state index in [1.165, 1.54) is 12.8 Å². The maximum Gasteiger partial charge on any atom is 0.270 e. The minimum atomic E-state index is -0.347. The predicted octanol–water partition coefficient (Wildman–Crippen LogP) is 1.95. The van der Waals surface area contributed by atoms with Gasteiger partial charge in [0.25, 0.3) is 5.69 Å². The molecule has 0 spiro atoms. The van der Waals surface area contributed by atoms with Crippen LogP contribution in [0.5, 0.6) is 0 Å². The Morgan fingerprint density at radius 2 is 2.06 bits per heavy atom. The van der Waals surface area contributed by atoms with Gasteiger partial charge in [-0.2, -0.15) is 0 Å². The minimum Gasteiger partial charge on any atom is -0.356 e. The zero-order valence-corrected chi connectivity index (χ0v) is 9.43. The minimum absolute atomic E-state index is 0.151. The average molecular weight is 231 g/mol. The molecule has 0 unspecified atom stereocenters. The maximum absolute atomic E-state index is 10.8. The second kappa shape index (κ2) is 3.84. The van der Waals surface area contributed by atoms with Gasteiger partial charge in [-0.1, -0.05) is 0 Å². The molecule has 2 aliphatic rings. The number of nitro groups is 1. The van der Waals surface area contributed by atoms with Crippen LogP contribution in [0.1, 0.15) is 24.0 Å². The Balaban J connectivity index is 1.98. The number of amidine groups is 1. The lowest BCUT2D eigenvalue weighted by molar-refractivity contribution is -0.384. The first kappa shape index (κ1) is 10.3. The largest absolute Gasteiger partial charge is 0.356 e. The van der Waals surface area contributed by atoms with Crippen LogP contribution in [0.4, 0.5) is 5.69 Å². The first-order valence-electron chi connectivity index (χ1n) is 5.83. The van der Waals surface area contributed by atoms with Gasteiger partial charge in [0.1, 0.15) is 5.84 Å². The van der Waals surface area contributed by atoms with Crippen molar-refractivity contribution < 1.29 is 4.92 Å². The fourth-order valence-electron chi connectivity index (χ4n) is 2.47. The molecule has 2 aliphatic heterocycles. The van der Waals surface area contributed by atoms with E-state index >= 15 is 0 Å². The van der Waals surface area contributed by atoms with Crippen molar-refractivity contribution in [3.05, 3.63) is 39.4 Å². The number of benzene rings is 1. The Bertz CT molecular complexity index is 504. The highest BCUT2D eigenvalue weighted by Gasteiger charge is 2.25. The second-order valence-corrected chi connectivity index (χ2v) is 4.43. The fraction of sp³-hybridized carbons (Fsp3) is 0.417. The molecule has 1 aromatic carbocycles. The molecule has 0 N–H and O–H groups in total. The van der Waals surface area contributed by atoms with Crippen LogP contribution in [0, 0.1) is 10.1 Å². The van der Waals surface area contributed by atoms with E-state index in [9.17, 15) is 10.1 Å². The number of likely N-dealkylation sites (tertiary alicyclic amines) is 1. The van der Waals surface area contributed by atoms with Crippen LogP contribution in [0.2, 0.25) is 0 Å². The molecular formula is C12H13N3O2. The third kappa shape index (κ3) is 1.67. The van der Waals surface area contributed by atoms with Crippen molar-refractivity contribution >= 4 is 11.5 Å². The quantitative estimate of drug-likeness (QED) is 0.548. The number of hydrogen-bond donors (Lipinski definition) is 0. The van der Waals surface area contributed by atoms with Gasteiger partial charge in [-0.25, -0.2) is 0 Å². The first-order valence-corrected chi connectivity index (χ1v) is 5.83. The third-order valence-electron chi connectivity index (χ3n) is 3.35. The molecule has 1 fully saturated rings. The van der Waals surface area contributed by atoms with Crippen LogP contribution in [-0.2, 0) is 6.54 Å². The molecule has 0 atom stereocenters. The predicted molar refractivity (Wildman–Crippen MR) is 64.1 cm³/mol. The molecular weight excluding hydrogens is 218 g/mol. The number of fused-ring (bicyclic) bond motifs is 1. The van der Waals surface area contributed by atoms with Crippen molar-refractivity contribution in [3.8, 4) is 0 Å². The van der Waals surface area contributed by atoms with Crippen molar-refractivity contribution in [1.29, 1.82) is 0 Å². The van der Waals surface area contributed by atoms with Crippen LogP contribution >= 0.6 is 0 Å². The summed E-state index contributed by atoms with van der Waals surface area (Å²) < 4.78 is 0. The summed E-state index contributed by atoms with van der Waals surface area (Å²) in [4.78, 5) is 17.2. The molecule has 3 rings (SSSR count). The Morgan fingerprint density at radius 1 is 1.29 bits per heavy atom. The molecule has 0 aromatic heterocycles. The number of non-ortho nitro benzene ring substituents is 1.